The Hall–Kier alpha value is -2.57. The van der Waals surface area contributed by atoms with E-state index < -0.39 is 0 Å². The highest BCUT2D eigenvalue weighted by Crippen LogP contribution is 2.17. The van der Waals surface area contributed by atoms with Gasteiger partial charge in [-0.1, -0.05) is 24.3 Å². The maximum atomic E-state index is 10.4. The number of hydrogen-bond acceptors (Lipinski definition) is 5. The van der Waals surface area contributed by atoms with Crippen molar-refractivity contribution in [3.63, 3.8) is 0 Å². The first kappa shape index (κ1) is 25.7. The van der Waals surface area contributed by atoms with Crippen molar-refractivity contribution in [1.29, 1.82) is 0 Å². The molecule has 2 N–H and O–H groups in total. The normalized spacial score (nSPS) is 13.3. The lowest BCUT2D eigenvalue weighted by molar-refractivity contribution is -0.118. The Morgan fingerprint density at radius 2 is 1.47 bits per heavy atom. The average molecular weight is 443 g/mol. The summed E-state index contributed by atoms with van der Waals surface area (Å²) < 4.78 is 15.3. The van der Waals surface area contributed by atoms with Crippen molar-refractivity contribution in [1.82, 2.24) is 4.90 Å². The number of nitrogens with zero attached hydrogens (tertiary/aromatic N) is 1. The van der Waals surface area contributed by atoms with Crippen LogP contribution in [0.2, 0.25) is 0 Å². The van der Waals surface area contributed by atoms with Crippen molar-refractivity contribution in [2.75, 3.05) is 47.1 Å². The first-order valence-electron chi connectivity index (χ1n) is 11.4. The maximum Gasteiger partial charge on any atom is 0.220 e. The lowest BCUT2D eigenvalue weighted by Crippen LogP contribution is -2.20. The Kier molecular flexibility index (Phi) is 12.3. The third kappa shape index (κ3) is 10.6. The zero-order valence-corrected chi connectivity index (χ0v) is 19.6. The SMILES string of the molecule is COCCc1ccc(CCCN2CCCC2)cc1.COc1ccc(OCCC(N)=O)cc1. The molecular weight excluding hydrogens is 404 g/mol. The summed E-state index contributed by atoms with van der Waals surface area (Å²) >= 11 is 0. The second-order valence-electron chi connectivity index (χ2n) is 7.95. The Balaban J connectivity index is 0.000000235. The monoisotopic (exact) mass is 442 g/mol. The van der Waals surface area contributed by atoms with Crippen molar-refractivity contribution in [3.05, 3.63) is 59.7 Å². The number of aryl methyl sites for hydroxylation is 1. The zero-order valence-electron chi connectivity index (χ0n) is 19.6. The molecule has 0 spiro atoms. The van der Waals surface area contributed by atoms with E-state index in [-0.39, 0.29) is 12.3 Å². The quantitative estimate of drug-likeness (QED) is 0.540. The molecule has 1 aliphatic heterocycles. The van der Waals surface area contributed by atoms with Gasteiger partial charge in [-0.05, 0) is 87.1 Å². The molecule has 0 aliphatic carbocycles. The van der Waals surface area contributed by atoms with Gasteiger partial charge in [-0.2, -0.15) is 0 Å². The molecule has 0 bridgehead atoms. The van der Waals surface area contributed by atoms with Gasteiger partial charge in [0.05, 0.1) is 26.7 Å². The number of methoxy groups -OCH3 is 2. The molecule has 0 atom stereocenters. The summed E-state index contributed by atoms with van der Waals surface area (Å²) in [4.78, 5) is 13.0. The fourth-order valence-corrected chi connectivity index (χ4v) is 3.55. The van der Waals surface area contributed by atoms with Gasteiger partial charge in [-0.15, -0.1) is 0 Å². The van der Waals surface area contributed by atoms with Crippen molar-refractivity contribution < 1.29 is 19.0 Å². The second kappa shape index (κ2) is 15.3. The molecule has 176 valence electrons. The number of primary amides is 1. The number of carbonyl (C=O) groups is 1. The van der Waals surface area contributed by atoms with Gasteiger partial charge in [0, 0.05) is 7.11 Å². The molecule has 0 unspecified atom stereocenters. The smallest absolute Gasteiger partial charge is 0.220 e. The minimum atomic E-state index is -0.362. The number of amides is 1. The predicted molar refractivity (Wildman–Crippen MR) is 128 cm³/mol. The van der Waals surface area contributed by atoms with Gasteiger partial charge < -0.3 is 24.8 Å². The van der Waals surface area contributed by atoms with E-state index in [1.165, 1.54) is 56.4 Å². The van der Waals surface area contributed by atoms with Crippen LogP contribution in [0, 0.1) is 0 Å². The number of hydrogen-bond donors (Lipinski definition) is 1. The lowest BCUT2D eigenvalue weighted by atomic mass is 10.1. The third-order valence-corrected chi connectivity index (χ3v) is 5.43. The molecule has 1 heterocycles. The van der Waals surface area contributed by atoms with Crippen LogP contribution in [0.4, 0.5) is 0 Å². The Bertz CT molecular complexity index is 756. The fraction of sp³-hybridized carbons (Fsp3) is 0.500. The molecule has 2 aromatic rings. The maximum absolute atomic E-state index is 10.4. The molecule has 1 amide bonds. The molecule has 1 saturated heterocycles. The number of likely N-dealkylation sites (tertiary alicyclic amines) is 1. The van der Waals surface area contributed by atoms with Crippen LogP contribution in [0.25, 0.3) is 0 Å². The molecule has 0 radical (unpaired) electrons. The summed E-state index contributed by atoms with van der Waals surface area (Å²) in [7, 11) is 3.36. The van der Waals surface area contributed by atoms with Crippen LogP contribution in [-0.2, 0) is 22.4 Å². The Morgan fingerprint density at radius 1 is 0.875 bits per heavy atom. The van der Waals surface area contributed by atoms with Gasteiger partial charge in [0.15, 0.2) is 0 Å². The minimum absolute atomic E-state index is 0.228. The zero-order chi connectivity index (χ0) is 23.0. The minimum Gasteiger partial charge on any atom is -0.497 e. The van der Waals surface area contributed by atoms with E-state index in [0.29, 0.717) is 12.4 Å². The van der Waals surface area contributed by atoms with E-state index in [2.05, 4.69) is 29.2 Å². The molecule has 0 aromatic heterocycles. The highest BCUT2D eigenvalue weighted by Gasteiger charge is 2.10. The van der Waals surface area contributed by atoms with Crippen LogP contribution in [-0.4, -0.2) is 57.9 Å². The fourth-order valence-electron chi connectivity index (χ4n) is 3.55. The van der Waals surface area contributed by atoms with E-state index in [9.17, 15) is 4.79 Å². The van der Waals surface area contributed by atoms with Crippen LogP contribution >= 0.6 is 0 Å². The highest BCUT2D eigenvalue weighted by molar-refractivity contribution is 5.73. The Morgan fingerprint density at radius 3 is 2.03 bits per heavy atom. The number of benzene rings is 2. The van der Waals surface area contributed by atoms with Crippen LogP contribution < -0.4 is 15.2 Å². The summed E-state index contributed by atoms with van der Waals surface area (Å²) in [6.07, 6.45) is 6.54. The number of nitrogens with two attached hydrogens (primary N) is 1. The number of carbonyl (C=O) groups excluding carboxylic acids is 1. The van der Waals surface area contributed by atoms with Crippen molar-refractivity contribution >= 4 is 5.91 Å². The van der Waals surface area contributed by atoms with Gasteiger partial charge in [-0.25, -0.2) is 0 Å². The third-order valence-electron chi connectivity index (χ3n) is 5.43. The van der Waals surface area contributed by atoms with E-state index in [1.807, 2.05) is 0 Å². The van der Waals surface area contributed by atoms with Crippen molar-refractivity contribution in [3.8, 4) is 11.5 Å². The number of ether oxygens (including phenoxy) is 3. The van der Waals surface area contributed by atoms with E-state index >= 15 is 0 Å². The molecule has 6 heteroatoms. The van der Waals surface area contributed by atoms with Gasteiger partial charge in [0.1, 0.15) is 11.5 Å². The van der Waals surface area contributed by atoms with Crippen molar-refractivity contribution in [2.45, 2.75) is 38.5 Å². The molecule has 1 fully saturated rings. The molecule has 3 rings (SSSR count). The van der Waals surface area contributed by atoms with Crippen LogP contribution in [0.15, 0.2) is 48.5 Å². The van der Waals surface area contributed by atoms with Gasteiger partial charge in [0.2, 0.25) is 5.91 Å². The largest absolute Gasteiger partial charge is 0.497 e. The summed E-state index contributed by atoms with van der Waals surface area (Å²) in [6.45, 7) is 5.02. The predicted octanol–water partition coefficient (Wildman–Crippen LogP) is 3.85. The van der Waals surface area contributed by atoms with Crippen LogP contribution in [0.3, 0.4) is 0 Å². The highest BCUT2D eigenvalue weighted by atomic mass is 16.5. The first-order chi connectivity index (χ1) is 15.6. The first-order valence-corrected chi connectivity index (χ1v) is 11.4. The lowest BCUT2D eigenvalue weighted by Gasteiger charge is -2.14. The summed E-state index contributed by atoms with van der Waals surface area (Å²) in [5, 5.41) is 0. The molecule has 32 heavy (non-hydrogen) atoms. The van der Waals surface area contributed by atoms with E-state index in [1.54, 1.807) is 38.5 Å². The summed E-state index contributed by atoms with van der Waals surface area (Å²) in [5.74, 6) is 1.11. The molecule has 0 saturated carbocycles. The van der Waals surface area contributed by atoms with Crippen LogP contribution in [0.5, 0.6) is 11.5 Å². The van der Waals surface area contributed by atoms with Gasteiger partial charge in [-0.3, -0.25) is 4.79 Å². The van der Waals surface area contributed by atoms with E-state index in [0.717, 1.165) is 18.8 Å². The summed E-state index contributed by atoms with van der Waals surface area (Å²) in [6, 6.07) is 16.2. The molecule has 2 aromatic carbocycles. The van der Waals surface area contributed by atoms with Gasteiger partial charge in [0.25, 0.3) is 0 Å². The topological polar surface area (TPSA) is 74.0 Å². The van der Waals surface area contributed by atoms with Crippen molar-refractivity contribution in [2.24, 2.45) is 5.73 Å². The number of rotatable bonds is 12. The molecule has 6 nitrogen and oxygen atoms in total. The van der Waals surface area contributed by atoms with Crippen LogP contribution in [0.1, 0.15) is 36.8 Å². The summed E-state index contributed by atoms with van der Waals surface area (Å²) in [5.41, 5.74) is 7.81. The standard InChI is InChI=1S/C16H25NO.C10H13NO3/c1-18-14-10-16-8-6-15(7-9-16)5-4-13-17-11-2-3-12-17;1-13-8-2-4-9(5-3-8)14-7-6-10(11)12/h6-9H,2-5,10-14H2,1H3;2-5H,6-7H2,1H3,(H2,11,12). The van der Waals surface area contributed by atoms with E-state index in [4.69, 9.17) is 19.9 Å². The molecule has 1 aliphatic rings. The Labute approximate surface area is 192 Å². The van der Waals surface area contributed by atoms with Gasteiger partial charge >= 0.3 is 0 Å². The molecular formula is C26H38N2O4. The average Bonchev–Trinajstić information content (AvgIpc) is 3.33. The second-order valence-corrected chi connectivity index (χ2v) is 7.95.